The summed E-state index contributed by atoms with van der Waals surface area (Å²) in [5.74, 6) is -0.180. The van der Waals surface area contributed by atoms with Crippen molar-refractivity contribution in [3.8, 4) is 0 Å². The van der Waals surface area contributed by atoms with E-state index < -0.39 is 28.7 Å². The SMILES string of the molecule is COC(=O)/C=C\[C@H](OC)[C@@H](O[Si](C(C)C)(C(C)C)C(C)C)/C(C)=C/[C@H](C)[C@H]1O[C@H](O[Si](C)(C)C(C)(C)C)[C@@H](C)C[C@@H]1OC. The maximum absolute atomic E-state index is 12.1. The van der Waals surface area contributed by atoms with Gasteiger partial charge in [0.2, 0.25) is 8.32 Å². The quantitative estimate of drug-likeness (QED) is 0.0766. The number of ether oxygens (including phenoxy) is 4. The Kier molecular flexibility index (Phi) is 15.6. The number of esters is 1. The van der Waals surface area contributed by atoms with Crippen molar-refractivity contribution in [1.29, 1.82) is 0 Å². The number of carbonyl (C=O) groups is 1. The van der Waals surface area contributed by atoms with Crippen LogP contribution in [0.5, 0.6) is 0 Å². The largest absolute Gasteiger partial charge is 0.466 e. The molecule has 43 heavy (non-hydrogen) atoms. The van der Waals surface area contributed by atoms with E-state index in [0.717, 1.165) is 12.0 Å². The van der Waals surface area contributed by atoms with Gasteiger partial charge in [-0.25, -0.2) is 4.79 Å². The number of hydrogen-bond acceptors (Lipinski definition) is 7. The van der Waals surface area contributed by atoms with Gasteiger partial charge in [-0.05, 0) is 59.7 Å². The van der Waals surface area contributed by atoms with Gasteiger partial charge in [-0.15, -0.1) is 0 Å². The molecule has 0 unspecified atom stereocenters. The van der Waals surface area contributed by atoms with E-state index in [4.69, 9.17) is 27.8 Å². The molecule has 0 aliphatic carbocycles. The standard InChI is InChI=1S/C34H66O7Si2/c1-22(2)43(23(3)4,24(5)6)40-32(28(36-13)18-19-30(35)38-15)26(8)20-25(7)31-29(37-14)21-27(9)33(39-31)41-42(16,17)34(10,11)12/h18-20,22-25,27-29,31-33H,21H2,1-17H3/b19-18-,26-20+/t25-,27-,28-,29-,31+,32-,33+/m0/s1. The van der Waals surface area contributed by atoms with E-state index in [0.29, 0.717) is 16.6 Å². The smallest absolute Gasteiger partial charge is 0.330 e. The van der Waals surface area contributed by atoms with E-state index in [-0.39, 0.29) is 41.5 Å². The predicted molar refractivity (Wildman–Crippen MR) is 182 cm³/mol. The molecule has 1 rings (SSSR count). The van der Waals surface area contributed by atoms with Crippen LogP contribution in [0.1, 0.15) is 89.5 Å². The van der Waals surface area contributed by atoms with Crippen molar-refractivity contribution in [2.75, 3.05) is 21.3 Å². The third kappa shape index (κ3) is 10.1. The zero-order chi connectivity index (χ0) is 33.5. The summed E-state index contributed by atoms with van der Waals surface area (Å²) >= 11 is 0. The minimum atomic E-state index is -2.32. The molecule has 0 amide bonds. The van der Waals surface area contributed by atoms with Crippen LogP contribution in [-0.2, 0) is 32.6 Å². The molecule has 9 heteroatoms. The van der Waals surface area contributed by atoms with Gasteiger partial charge < -0.3 is 27.8 Å². The molecule has 0 N–H and O–H groups in total. The summed E-state index contributed by atoms with van der Waals surface area (Å²) in [4.78, 5) is 12.1. The lowest BCUT2D eigenvalue weighted by atomic mass is 9.87. The van der Waals surface area contributed by atoms with Gasteiger partial charge in [0.15, 0.2) is 14.6 Å². The van der Waals surface area contributed by atoms with Gasteiger partial charge in [0.25, 0.3) is 0 Å². The normalized spacial score (nSPS) is 25.1. The van der Waals surface area contributed by atoms with Gasteiger partial charge in [-0.2, -0.15) is 0 Å². The summed E-state index contributed by atoms with van der Waals surface area (Å²) in [7, 11) is 0.456. The molecule has 0 aromatic rings. The zero-order valence-corrected chi connectivity index (χ0v) is 32.6. The molecular weight excluding hydrogens is 577 g/mol. The molecule has 0 spiro atoms. The van der Waals surface area contributed by atoms with Crippen LogP contribution in [0.25, 0.3) is 0 Å². The second kappa shape index (κ2) is 16.7. The highest BCUT2D eigenvalue weighted by Crippen LogP contribution is 2.45. The number of hydrogen-bond donors (Lipinski definition) is 0. The van der Waals surface area contributed by atoms with Crippen LogP contribution in [0.3, 0.4) is 0 Å². The predicted octanol–water partition coefficient (Wildman–Crippen LogP) is 8.66. The van der Waals surface area contributed by atoms with Crippen LogP contribution in [0.4, 0.5) is 0 Å². The van der Waals surface area contributed by atoms with Crippen LogP contribution in [-0.4, -0.2) is 74.6 Å². The monoisotopic (exact) mass is 642 g/mol. The lowest BCUT2D eigenvalue weighted by Gasteiger charge is -2.47. The first kappa shape index (κ1) is 40.2. The molecule has 0 aromatic heterocycles. The maximum Gasteiger partial charge on any atom is 0.330 e. The van der Waals surface area contributed by atoms with Crippen molar-refractivity contribution in [2.24, 2.45) is 11.8 Å². The molecule has 7 nitrogen and oxygen atoms in total. The van der Waals surface area contributed by atoms with E-state index in [2.05, 4.69) is 102 Å². The average Bonchev–Trinajstić information content (AvgIpc) is 2.89. The highest BCUT2D eigenvalue weighted by Gasteiger charge is 2.49. The van der Waals surface area contributed by atoms with Gasteiger partial charge in [-0.1, -0.05) is 82.2 Å². The summed E-state index contributed by atoms with van der Waals surface area (Å²) in [6, 6.07) is 0. The first-order valence-corrected chi connectivity index (χ1v) is 21.3. The topological polar surface area (TPSA) is 72.5 Å². The van der Waals surface area contributed by atoms with Gasteiger partial charge in [0, 0.05) is 32.1 Å². The minimum Gasteiger partial charge on any atom is -0.466 e. The average molecular weight is 643 g/mol. The van der Waals surface area contributed by atoms with E-state index in [1.165, 1.54) is 13.2 Å². The lowest BCUT2D eigenvalue weighted by molar-refractivity contribution is -0.229. The molecule has 1 heterocycles. The van der Waals surface area contributed by atoms with Crippen LogP contribution < -0.4 is 0 Å². The third-order valence-electron chi connectivity index (χ3n) is 9.97. The zero-order valence-electron chi connectivity index (χ0n) is 30.6. The summed E-state index contributed by atoms with van der Waals surface area (Å²) in [6.45, 7) is 31.5. The van der Waals surface area contributed by atoms with Crippen molar-refractivity contribution in [2.45, 2.75) is 155 Å². The molecule has 0 aromatic carbocycles. The number of rotatable bonds is 15. The second-order valence-corrected chi connectivity index (χ2v) is 25.2. The third-order valence-corrected chi connectivity index (χ3v) is 20.5. The number of methoxy groups -OCH3 is 3. The molecule has 252 valence electrons. The molecule has 1 saturated heterocycles. The molecule has 1 aliphatic heterocycles. The summed E-state index contributed by atoms with van der Waals surface area (Å²) < 4.78 is 37.8. The lowest BCUT2D eigenvalue weighted by Crippen LogP contribution is -2.53. The minimum absolute atomic E-state index is 0.0179. The van der Waals surface area contributed by atoms with Crippen molar-refractivity contribution in [1.82, 2.24) is 0 Å². The molecule has 1 fully saturated rings. The number of carbonyl (C=O) groups excluding carboxylic acids is 1. The summed E-state index contributed by atoms with van der Waals surface area (Å²) in [5, 5.41) is 0.0862. The summed E-state index contributed by atoms with van der Waals surface area (Å²) in [6.07, 6.45) is 4.95. The molecule has 0 bridgehead atoms. The fourth-order valence-corrected chi connectivity index (χ4v) is 13.3. The first-order chi connectivity index (χ1) is 19.7. The van der Waals surface area contributed by atoms with Gasteiger partial charge in [0.05, 0.1) is 25.4 Å². The highest BCUT2D eigenvalue weighted by atomic mass is 28.4. The van der Waals surface area contributed by atoms with Gasteiger partial charge in [0.1, 0.15) is 6.10 Å². The van der Waals surface area contributed by atoms with Gasteiger partial charge in [-0.3, -0.25) is 0 Å². The Morgan fingerprint density at radius 1 is 0.953 bits per heavy atom. The molecule has 1 aliphatic rings. The van der Waals surface area contributed by atoms with Crippen molar-refractivity contribution in [3.63, 3.8) is 0 Å². The van der Waals surface area contributed by atoms with E-state index in [1.807, 2.05) is 0 Å². The maximum atomic E-state index is 12.1. The highest BCUT2D eigenvalue weighted by molar-refractivity contribution is 6.77. The van der Waals surface area contributed by atoms with E-state index in [9.17, 15) is 4.79 Å². The Morgan fingerprint density at radius 3 is 1.91 bits per heavy atom. The van der Waals surface area contributed by atoms with Crippen LogP contribution >= 0.6 is 0 Å². The molecular formula is C34H66O7Si2. The van der Waals surface area contributed by atoms with E-state index >= 15 is 0 Å². The Morgan fingerprint density at radius 2 is 1.49 bits per heavy atom. The summed E-state index contributed by atoms with van der Waals surface area (Å²) in [5.41, 5.74) is 2.21. The Bertz CT molecular complexity index is 900. The van der Waals surface area contributed by atoms with Crippen molar-refractivity contribution >= 4 is 22.6 Å². The fourth-order valence-electron chi connectivity index (χ4n) is 6.49. The van der Waals surface area contributed by atoms with Crippen LogP contribution in [0.15, 0.2) is 23.8 Å². The Labute approximate surface area is 266 Å². The van der Waals surface area contributed by atoms with Crippen LogP contribution in [0, 0.1) is 11.8 Å². The van der Waals surface area contributed by atoms with Crippen LogP contribution in [0.2, 0.25) is 34.8 Å². The van der Waals surface area contributed by atoms with E-state index in [1.54, 1.807) is 20.3 Å². The molecule has 0 radical (unpaired) electrons. The van der Waals surface area contributed by atoms with Crippen molar-refractivity contribution < 1.29 is 32.6 Å². The van der Waals surface area contributed by atoms with Gasteiger partial charge >= 0.3 is 5.97 Å². The van der Waals surface area contributed by atoms with Crippen molar-refractivity contribution in [3.05, 3.63) is 23.8 Å². The Hall–Kier alpha value is -0.816. The fraction of sp³-hybridized carbons (Fsp3) is 0.853. The first-order valence-electron chi connectivity index (χ1n) is 16.2. The molecule has 7 atom stereocenters. The molecule has 0 saturated carbocycles. The Balaban J connectivity index is 3.57. The second-order valence-electron chi connectivity index (χ2n) is 15.0.